The second kappa shape index (κ2) is 12.7. The molecule has 1 atom stereocenters. The number of thioether (sulfide) groups is 1. The van der Waals surface area contributed by atoms with Gasteiger partial charge in [0, 0.05) is 23.2 Å². The SMILES string of the molecule is CCCNC(=O)CN1C(=O)CSC(c2cc(OC)ccc2OC)c2c(-c3ccccc3)nn(-c3cccc(C)c3C)c21. The van der Waals surface area contributed by atoms with Crippen LogP contribution in [-0.4, -0.2) is 54.7 Å². The smallest absolute Gasteiger partial charge is 0.240 e. The number of hydrogen-bond donors (Lipinski definition) is 1. The van der Waals surface area contributed by atoms with Crippen LogP contribution < -0.4 is 19.7 Å². The number of nitrogens with zero attached hydrogens (tertiary/aromatic N) is 3. The predicted molar refractivity (Wildman–Crippen MR) is 168 cm³/mol. The van der Waals surface area contributed by atoms with Gasteiger partial charge in [-0.3, -0.25) is 14.5 Å². The van der Waals surface area contributed by atoms with Gasteiger partial charge in [0.05, 0.1) is 36.6 Å². The summed E-state index contributed by atoms with van der Waals surface area (Å²) in [5, 5.41) is 7.81. The molecule has 0 bridgehead atoms. The predicted octanol–water partition coefficient (Wildman–Crippen LogP) is 5.87. The van der Waals surface area contributed by atoms with Gasteiger partial charge < -0.3 is 14.8 Å². The van der Waals surface area contributed by atoms with Crippen LogP contribution in [0.4, 0.5) is 5.82 Å². The maximum absolute atomic E-state index is 13.9. The maximum Gasteiger partial charge on any atom is 0.240 e. The molecule has 1 aromatic heterocycles. The monoisotopic (exact) mass is 584 g/mol. The number of benzene rings is 3. The van der Waals surface area contributed by atoms with Crippen LogP contribution in [-0.2, 0) is 9.59 Å². The van der Waals surface area contributed by atoms with E-state index in [0.717, 1.165) is 45.6 Å². The van der Waals surface area contributed by atoms with Crippen LogP contribution >= 0.6 is 11.8 Å². The van der Waals surface area contributed by atoms with Crippen molar-refractivity contribution in [3.8, 4) is 28.4 Å². The third-order valence-corrected chi connectivity index (χ3v) is 8.77. The molecule has 8 nitrogen and oxygen atoms in total. The second-order valence-electron chi connectivity index (χ2n) is 10.2. The molecule has 1 aliphatic heterocycles. The van der Waals surface area contributed by atoms with Crippen molar-refractivity contribution in [2.24, 2.45) is 0 Å². The van der Waals surface area contributed by atoms with Crippen LogP contribution in [0, 0.1) is 13.8 Å². The third-order valence-electron chi connectivity index (χ3n) is 7.53. The van der Waals surface area contributed by atoms with Crippen LogP contribution in [0.25, 0.3) is 16.9 Å². The Morgan fingerprint density at radius 1 is 1.05 bits per heavy atom. The summed E-state index contributed by atoms with van der Waals surface area (Å²) in [6.07, 6.45) is 0.803. The molecule has 2 heterocycles. The Morgan fingerprint density at radius 2 is 1.83 bits per heavy atom. The molecule has 0 radical (unpaired) electrons. The summed E-state index contributed by atoms with van der Waals surface area (Å²) >= 11 is 1.50. The Kier molecular flexibility index (Phi) is 8.87. The van der Waals surface area contributed by atoms with Gasteiger partial charge >= 0.3 is 0 Å². The average molecular weight is 585 g/mol. The van der Waals surface area contributed by atoms with E-state index in [1.54, 1.807) is 19.1 Å². The van der Waals surface area contributed by atoms with E-state index >= 15 is 0 Å². The van der Waals surface area contributed by atoms with E-state index < -0.39 is 0 Å². The van der Waals surface area contributed by atoms with Crippen molar-refractivity contribution >= 4 is 29.4 Å². The highest BCUT2D eigenvalue weighted by Crippen LogP contribution is 2.51. The molecule has 2 amide bonds. The molecule has 0 fully saturated rings. The standard InChI is InChI=1S/C33H36N4O4S/c1-6-17-34-28(38)19-36-29(39)20-42-32(25-18-24(40-4)15-16-27(25)41-5)30-31(23-12-8-7-9-13-23)35-37(33(30)36)26-14-10-11-21(2)22(26)3/h7-16,18,32H,6,17,19-20H2,1-5H3,(H,34,38). The number of carbonyl (C=O) groups is 2. The Hall–Kier alpha value is -4.24. The summed E-state index contributed by atoms with van der Waals surface area (Å²) in [7, 11) is 3.27. The second-order valence-corrected chi connectivity index (χ2v) is 11.3. The molecule has 0 saturated carbocycles. The molecule has 1 unspecified atom stereocenters. The average Bonchev–Trinajstić information content (AvgIpc) is 3.33. The maximum atomic E-state index is 13.9. The lowest BCUT2D eigenvalue weighted by molar-refractivity contribution is -0.122. The largest absolute Gasteiger partial charge is 0.497 e. The van der Waals surface area contributed by atoms with Gasteiger partial charge in [-0.25, -0.2) is 4.68 Å². The van der Waals surface area contributed by atoms with E-state index in [9.17, 15) is 9.59 Å². The fourth-order valence-electron chi connectivity index (χ4n) is 5.22. The third kappa shape index (κ3) is 5.61. The number of hydrogen-bond acceptors (Lipinski definition) is 6. The molecule has 42 heavy (non-hydrogen) atoms. The number of amides is 2. The molecule has 5 rings (SSSR count). The number of carbonyl (C=O) groups excluding carboxylic acids is 2. The van der Waals surface area contributed by atoms with E-state index in [4.69, 9.17) is 14.6 Å². The summed E-state index contributed by atoms with van der Waals surface area (Å²) in [5.74, 6) is 1.74. The normalized spacial score (nSPS) is 14.7. The molecule has 0 spiro atoms. The van der Waals surface area contributed by atoms with Crippen molar-refractivity contribution in [3.63, 3.8) is 0 Å². The number of fused-ring (bicyclic) bond motifs is 1. The molecular weight excluding hydrogens is 548 g/mol. The van der Waals surface area contributed by atoms with Crippen molar-refractivity contribution in [2.45, 2.75) is 32.4 Å². The fraction of sp³-hybridized carbons (Fsp3) is 0.303. The first-order valence-corrected chi connectivity index (χ1v) is 15.1. The summed E-state index contributed by atoms with van der Waals surface area (Å²) in [4.78, 5) is 28.7. The first kappa shape index (κ1) is 29.3. The van der Waals surface area contributed by atoms with Crippen molar-refractivity contribution in [1.29, 1.82) is 0 Å². The van der Waals surface area contributed by atoms with Crippen molar-refractivity contribution in [3.05, 3.63) is 89.0 Å². The van der Waals surface area contributed by atoms with Gasteiger partial charge in [-0.2, -0.15) is 5.10 Å². The first-order chi connectivity index (χ1) is 20.4. The number of anilines is 1. The first-order valence-electron chi connectivity index (χ1n) is 14.0. The number of ether oxygens (including phenoxy) is 2. The minimum atomic E-state index is -0.341. The molecule has 1 N–H and O–H groups in total. The zero-order valence-electron chi connectivity index (χ0n) is 24.6. The van der Waals surface area contributed by atoms with Gasteiger partial charge in [-0.05, 0) is 55.7 Å². The minimum Gasteiger partial charge on any atom is -0.497 e. The molecule has 0 aliphatic carbocycles. The number of methoxy groups -OCH3 is 2. The zero-order chi connectivity index (χ0) is 29.8. The van der Waals surface area contributed by atoms with Gasteiger partial charge in [-0.15, -0.1) is 11.8 Å². The van der Waals surface area contributed by atoms with Gasteiger partial charge in [-0.1, -0.05) is 49.4 Å². The van der Waals surface area contributed by atoms with Crippen molar-refractivity contribution < 1.29 is 19.1 Å². The summed E-state index contributed by atoms with van der Waals surface area (Å²) in [6.45, 7) is 6.53. The number of aromatic nitrogens is 2. The molecule has 218 valence electrons. The quantitative estimate of drug-likeness (QED) is 0.265. The summed E-state index contributed by atoms with van der Waals surface area (Å²) in [6, 6.07) is 21.7. The highest BCUT2D eigenvalue weighted by molar-refractivity contribution is 8.00. The highest BCUT2D eigenvalue weighted by Gasteiger charge is 2.39. The van der Waals surface area contributed by atoms with E-state index in [2.05, 4.69) is 25.2 Å². The van der Waals surface area contributed by atoms with Crippen LogP contribution in [0.3, 0.4) is 0 Å². The van der Waals surface area contributed by atoms with E-state index in [1.807, 2.05) is 72.3 Å². The van der Waals surface area contributed by atoms with Crippen molar-refractivity contribution in [2.75, 3.05) is 38.0 Å². The molecule has 1 aliphatic rings. The molecule has 3 aromatic carbocycles. The Labute approximate surface area is 251 Å². The zero-order valence-corrected chi connectivity index (χ0v) is 25.5. The minimum absolute atomic E-state index is 0.112. The van der Waals surface area contributed by atoms with E-state index in [1.165, 1.54) is 11.8 Å². The topological polar surface area (TPSA) is 85.7 Å². The van der Waals surface area contributed by atoms with Crippen LogP contribution in [0.5, 0.6) is 11.5 Å². The Balaban J connectivity index is 1.85. The highest BCUT2D eigenvalue weighted by atomic mass is 32.2. The Morgan fingerprint density at radius 3 is 2.55 bits per heavy atom. The summed E-state index contributed by atoms with van der Waals surface area (Å²) < 4.78 is 13.3. The van der Waals surface area contributed by atoms with Crippen LogP contribution in [0.15, 0.2) is 66.7 Å². The number of aryl methyl sites for hydroxylation is 1. The number of rotatable bonds is 9. The van der Waals surface area contributed by atoms with Gasteiger partial charge in [0.1, 0.15) is 23.9 Å². The Bertz CT molecular complexity index is 1600. The fourth-order valence-corrected chi connectivity index (χ4v) is 6.43. The van der Waals surface area contributed by atoms with Gasteiger partial charge in [0.2, 0.25) is 11.8 Å². The molecule has 0 saturated heterocycles. The lowest BCUT2D eigenvalue weighted by Crippen LogP contribution is -2.42. The molecule has 9 heteroatoms. The van der Waals surface area contributed by atoms with Crippen LogP contribution in [0.1, 0.15) is 40.8 Å². The lowest BCUT2D eigenvalue weighted by atomic mass is 9.98. The summed E-state index contributed by atoms with van der Waals surface area (Å²) in [5.41, 5.74) is 6.35. The lowest BCUT2D eigenvalue weighted by Gasteiger charge is -2.24. The molecule has 4 aromatic rings. The molecular formula is C33H36N4O4S. The van der Waals surface area contributed by atoms with Crippen molar-refractivity contribution in [1.82, 2.24) is 15.1 Å². The van der Waals surface area contributed by atoms with Gasteiger partial charge in [0.15, 0.2) is 0 Å². The number of nitrogens with one attached hydrogen (secondary N) is 1. The van der Waals surface area contributed by atoms with Gasteiger partial charge in [0.25, 0.3) is 0 Å². The van der Waals surface area contributed by atoms with E-state index in [-0.39, 0.29) is 29.4 Å². The van der Waals surface area contributed by atoms with E-state index in [0.29, 0.717) is 23.9 Å². The van der Waals surface area contributed by atoms with Crippen LogP contribution in [0.2, 0.25) is 0 Å².